The molecular formula is C23H27N3O5. The van der Waals surface area contributed by atoms with E-state index in [4.69, 9.17) is 4.42 Å². The van der Waals surface area contributed by atoms with E-state index in [0.717, 1.165) is 16.0 Å². The van der Waals surface area contributed by atoms with E-state index in [-0.39, 0.29) is 18.2 Å². The van der Waals surface area contributed by atoms with Crippen LogP contribution >= 0.6 is 0 Å². The lowest BCUT2D eigenvalue weighted by atomic mass is 10.0. The number of benzene rings is 2. The van der Waals surface area contributed by atoms with E-state index >= 15 is 0 Å². The molecule has 0 saturated heterocycles. The number of fused-ring (bicyclic) bond motifs is 1. The molecule has 1 atom stereocenters. The molecule has 0 unspecified atom stereocenters. The molecule has 0 fully saturated rings. The van der Waals surface area contributed by atoms with Gasteiger partial charge in [0.15, 0.2) is 11.5 Å². The van der Waals surface area contributed by atoms with Gasteiger partial charge < -0.3 is 19.9 Å². The first-order chi connectivity index (χ1) is 14.8. The molecule has 1 heterocycles. The summed E-state index contributed by atoms with van der Waals surface area (Å²) in [6.07, 6.45) is -0.0392. The predicted octanol–water partition coefficient (Wildman–Crippen LogP) is 4.42. The molecule has 31 heavy (non-hydrogen) atoms. The fourth-order valence-corrected chi connectivity index (χ4v) is 3.36. The van der Waals surface area contributed by atoms with Crippen LogP contribution in [0.5, 0.6) is 5.75 Å². The Labute approximate surface area is 180 Å². The van der Waals surface area contributed by atoms with Crippen LogP contribution < -0.4 is 5.32 Å². The van der Waals surface area contributed by atoms with Crippen molar-refractivity contribution >= 4 is 23.2 Å². The van der Waals surface area contributed by atoms with Crippen molar-refractivity contribution in [1.82, 2.24) is 15.2 Å². The Hall–Kier alpha value is -3.55. The third-order valence-corrected chi connectivity index (χ3v) is 4.86. The Balaban J connectivity index is 1.77. The number of aryl methyl sites for hydroxylation is 1. The quantitative estimate of drug-likeness (QED) is 0.492. The minimum Gasteiger partial charge on any atom is -0.508 e. The number of hydrogen-bond donors (Lipinski definition) is 3. The summed E-state index contributed by atoms with van der Waals surface area (Å²) in [7, 11) is 0. The molecule has 0 aliphatic rings. The van der Waals surface area contributed by atoms with Crippen LogP contribution in [0.1, 0.15) is 31.7 Å². The number of nitrogens with zero attached hydrogens (tertiary/aromatic N) is 2. The number of phenolic OH excluding ortho intramolecular Hbond substituents is 1. The van der Waals surface area contributed by atoms with E-state index in [0.29, 0.717) is 30.7 Å². The Kier molecular flexibility index (Phi) is 7.12. The van der Waals surface area contributed by atoms with Crippen molar-refractivity contribution in [3.8, 4) is 5.75 Å². The summed E-state index contributed by atoms with van der Waals surface area (Å²) in [5.41, 5.74) is 2.11. The average Bonchev–Trinajstić information content (AvgIpc) is 3.13. The lowest BCUT2D eigenvalue weighted by Crippen LogP contribution is -2.49. The van der Waals surface area contributed by atoms with Gasteiger partial charge in [-0.3, -0.25) is 0 Å². The number of phenols is 1. The van der Waals surface area contributed by atoms with E-state index in [1.165, 1.54) is 0 Å². The minimum atomic E-state index is -1.30. The molecule has 0 bridgehead atoms. The molecule has 3 rings (SSSR count). The Bertz CT molecular complexity index is 1010. The zero-order valence-electron chi connectivity index (χ0n) is 17.6. The van der Waals surface area contributed by atoms with Gasteiger partial charge in [-0.1, -0.05) is 44.2 Å². The predicted molar refractivity (Wildman–Crippen MR) is 116 cm³/mol. The van der Waals surface area contributed by atoms with Gasteiger partial charge in [0.2, 0.25) is 0 Å². The summed E-state index contributed by atoms with van der Waals surface area (Å²) in [5.74, 6) is 0.634. The number of para-hydroxylation sites is 3. The van der Waals surface area contributed by atoms with Gasteiger partial charge >= 0.3 is 12.1 Å². The SMILES string of the molecule is CC(C)CN(C(=O)O)C(=O)N[C@@H](CCc1ccccc1O)Cc1nc2ccccc2o1. The van der Waals surface area contributed by atoms with Crippen LogP contribution in [0.2, 0.25) is 0 Å². The second-order valence-corrected chi connectivity index (χ2v) is 7.88. The third kappa shape index (κ3) is 5.97. The lowest BCUT2D eigenvalue weighted by Gasteiger charge is -2.24. The number of imide groups is 1. The van der Waals surface area contributed by atoms with Crippen molar-refractivity contribution in [3.05, 3.63) is 60.0 Å². The number of urea groups is 1. The van der Waals surface area contributed by atoms with Gasteiger partial charge in [-0.2, -0.15) is 0 Å². The number of rotatable bonds is 8. The fourth-order valence-electron chi connectivity index (χ4n) is 3.36. The maximum absolute atomic E-state index is 12.7. The highest BCUT2D eigenvalue weighted by Crippen LogP contribution is 2.20. The van der Waals surface area contributed by atoms with Crippen LogP contribution in [0.3, 0.4) is 0 Å². The van der Waals surface area contributed by atoms with Crippen molar-refractivity contribution in [2.75, 3.05) is 6.54 Å². The van der Waals surface area contributed by atoms with Gasteiger partial charge in [0, 0.05) is 19.0 Å². The molecule has 0 aliphatic heterocycles. The molecule has 3 N–H and O–H groups in total. The zero-order chi connectivity index (χ0) is 22.4. The number of carboxylic acid groups (broad SMARTS) is 1. The first-order valence-corrected chi connectivity index (χ1v) is 10.3. The summed E-state index contributed by atoms with van der Waals surface area (Å²) >= 11 is 0. The lowest BCUT2D eigenvalue weighted by molar-refractivity contribution is 0.141. The average molecular weight is 425 g/mol. The third-order valence-electron chi connectivity index (χ3n) is 4.86. The largest absolute Gasteiger partial charge is 0.508 e. The molecule has 0 saturated carbocycles. The Morgan fingerprint density at radius 3 is 2.52 bits per heavy atom. The molecule has 0 radical (unpaired) electrons. The molecule has 164 valence electrons. The summed E-state index contributed by atoms with van der Waals surface area (Å²) in [6.45, 7) is 3.78. The Morgan fingerprint density at radius 2 is 1.84 bits per heavy atom. The molecule has 0 aliphatic carbocycles. The van der Waals surface area contributed by atoms with Crippen LogP contribution in [0, 0.1) is 5.92 Å². The highest BCUT2D eigenvalue weighted by molar-refractivity contribution is 5.90. The van der Waals surface area contributed by atoms with Crippen LogP contribution in [-0.4, -0.2) is 44.8 Å². The fraction of sp³-hybridized carbons (Fsp3) is 0.348. The van der Waals surface area contributed by atoms with E-state index in [2.05, 4.69) is 10.3 Å². The molecular weight excluding hydrogens is 398 g/mol. The van der Waals surface area contributed by atoms with Crippen molar-refractivity contribution in [1.29, 1.82) is 0 Å². The number of carbonyl (C=O) groups is 2. The number of carbonyl (C=O) groups excluding carboxylic acids is 1. The van der Waals surface area contributed by atoms with Crippen LogP contribution in [0.4, 0.5) is 9.59 Å². The molecule has 3 aromatic rings. The number of nitrogens with one attached hydrogen (secondary N) is 1. The zero-order valence-corrected chi connectivity index (χ0v) is 17.6. The maximum atomic E-state index is 12.7. The van der Waals surface area contributed by atoms with Crippen molar-refractivity contribution in [2.24, 2.45) is 5.92 Å². The van der Waals surface area contributed by atoms with Gasteiger partial charge in [-0.15, -0.1) is 0 Å². The van der Waals surface area contributed by atoms with E-state index < -0.39 is 18.2 Å². The first kappa shape index (κ1) is 22.1. The highest BCUT2D eigenvalue weighted by atomic mass is 16.4. The number of amides is 3. The summed E-state index contributed by atoms with van der Waals surface area (Å²) in [6, 6.07) is 13.3. The maximum Gasteiger partial charge on any atom is 0.415 e. The second kappa shape index (κ2) is 9.97. The topological polar surface area (TPSA) is 116 Å². The van der Waals surface area contributed by atoms with Crippen LogP contribution in [0.25, 0.3) is 11.1 Å². The summed E-state index contributed by atoms with van der Waals surface area (Å²) in [4.78, 5) is 29.5. The number of hydrogen-bond acceptors (Lipinski definition) is 5. The molecule has 8 heteroatoms. The molecule has 0 spiro atoms. The van der Waals surface area contributed by atoms with Gasteiger partial charge in [-0.05, 0) is 42.5 Å². The normalized spacial score (nSPS) is 12.1. The van der Waals surface area contributed by atoms with E-state index in [1.807, 2.05) is 50.2 Å². The van der Waals surface area contributed by atoms with Crippen molar-refractivity contribution in [3.63, 3.8) is 0 Å². The summed E-state index contributed by atoms with van der Waals surface area (Å²) in [5, 5.41) is 22.3. The van der Waals surface area contributed by atoms with Crippen LogP contribution in [-0.2, 0) is 12.8 Å². The smallest absolute Gasteiger partial charge is 0.415 e. The number of oxazole rings is 1. The highest BCUT2D eigenvalue weighted by Gasteiger charge is 2.25. The second-order valence-electron chi connectivity index (χ2n) is 7.88. The molecule has 8 nitrogen and oxygen atoms in total. The van der Waals surface area contributed by atoms with Crippen molar-refractivity contribution in [2.45, 2.75) is 39.2 Å². The van der Waals surface area contributed by atoms with Gasteiger partial charge in [0.25, 0.3) is 0 Å². The number of aromatic nitrogens is 1. The summed E-state index contributed by atoms with van der Waals surface area (Å²) < 4.78 is 5.79. The molecule has 1 aromatic heterocycles. The monoisotopic (exact) mass is 425 g/mol. The van der Waals surface area contributed by atoms with Gasteiger partial charge in [0.1, 0.15) is 11.3 Å². The minimum absolute atomic E-state index is 0.00129. The van der Waals surface area contributed by atoms with Crippen molar-refractivity contribution < 1.29 is 24.2 Å². The molecule has 2 aromatic carbocycles. The molecule has 3 amide bonds. The van der Waals surface area contributed by atoms with Crippen LogP contribution in [0.15, 0.2) is 52.9 Å². The standard InChI is InChI=1S/C23H27N3O5/c1-15(2)14-26(23(29)30)22(28)24-17(12-11-16-7-3-5-9-19(16)27)13-21-25-18-8-4-6-10-20(18)31-21/h3-10,15,17,27H,11-14H2,1-2H3,(H,24,28)(H,29,30)/t17-/m0/s1. The Morgan fingerprint density at radius 1 is 1.13 bits per heavy atom. The van der Waals surface area contributed by atoms with E-state index in [1.54, 1.807) is 12.1 Å². The van der Waals surface area contributed by atoms with Gasteiger partial charge in [0.05, 0.1) is 0 Å². The first-order valence-electron chi connectivity index (χ1n) is 10.3. The number of aromatic hydroxyl groups is 1. The van der Waals surface area contributed by atoms with Gasteiger partial charge in [-0.25, -0.2) is 19.5 Å². The van der Waals surface area contributed by atoms with E-state index in [9.17, 15) is 19.8 Å².